The third-order valence-corrected chi connectivity index (χ3v) is 2.74. The standard InChI is InChI=1S/C12H15NO5/c1-16-6-8-7(10(13)12(14)15)2-3-9-11(8)18-5-4-17-9/h2-3,10H,4-6,13H2,1H3,(H,14,15). The Kier molecular flexibility index (Phi) is 3.69. The molecule has 0 radical (unpaired) electrons. The number of hydrogen-bond donors (Lipinski definition) is 2. The average Bonchev–Trinajstić information content (AvgIpc) is 2.38. The van der Waals surface area contributed by atoms with Crippen molar-refractivity contribution in [3.8, 4) is 11.5 Å². The normalized spacial score (nSPS) is 15.2. The zero-order valence-electron chi connectivity index (χ0n) is 10.0. The fraction of sp³-hybridized carbons (Fsp3) is 0.417. The average molecular weight is 253 g/mol. The molecule has 0 saturated carbocycles. The molecule has 0 bridgehead atoms. The fourth-order valence-electron chi connectivity index (χ4n) is 1.91. The Balaban J connectivity index is 2.49. The van der Waals surface area contributed by atoms with E-state index in [1.807, 2.05) is 0 Å². The zero-order valence-corrected chi connectivity index (χ0v) is 10.0. The van der Waals surface area contributed by atoms with Gasteiger partial charge < -0.3 is 25.1 Å². The van der Waals surface area contributed by atoms with Crippen molar-refractivity contribution in [3.63, 3.8) is 0 Å². The molecule has 0 fully saturated rings. The van der Waals surface area contributed by atoms with Crippen molar-refractivity contribution in [2.24, 2.45) is 5.73 Å². The molecule has 98 valence electrons. The highest BCUT2D eigenvalue weighted by Gasteiger charge is 2.25. The van der Waals surface area contributed by atoms with Gasteiger partial charge >= 0.3 is 5.97 Å². The quantitative estimate of drug-likeness (QED) is 0.820. The van der Waals surface area contributed by atoms with Crippen LogP contribution in [0.4, 0.5) is 0 Å². The highest BCUT2D eigenvalue weighted by molar-refractivity contribution is 5.76. The smallest absolute Gasteiger partial charge is 0.325 e. The second-order valence-electron chi connectivity index (χ2n) is 3.91. The number of rotatable bonds is 4. The van der Waals surface area contributed by atoms with Crippen molar-refractivity contribution < 1.29 is 24.1 Å². The Morgan fingerprint density at radius 1 is 1.50 bits per heavy atom. The maximum absolute atomic E-state index is 11.0. The lowest BCUT2D eigenvalue weighted by Crippen LogP contribution is -2.24. The van der Waals surface area contributed by atoms with E-state index in [-0.39, 0.29) is 6.61 Å². The van der Waals surface area contributed by atoms with Gasteiger partial charge in [-0.1, -0.05) is 6.07 Å². The molecule has 0 aromatic heterocycles. The van der Waals surface area contributed by atoms with Gasteiger partial charge in [0, 0.05) is 12.7 Å². The van der Waals surface area contributed by atoms with Gasteiger partial charge in [-0.3, -0.25) is 4.79 Å². The highest BCUT2D eigenvalue weighted by Crippen LogP contribution is 2.38. The van der Waals surface area contributed by atoms with Crippen LogP contribution in [0, 0.1) is 0 Å². The second kappa shape index (κ2) is 5.24. The van der Waals surface area contributed by atoms with Crippen LogP contribution in [0.25, 0.3) is 0 Å². The summed E-state index contributed by atoms with van der Waals surface area (Å²) in [5.74, 6) is 0.0240. The van der Waals surface area contributed by atoms with Crippen molar-refractivity contribution in [2.45, 2.75) is 12.6 Å². The van der Waals surface area contributed by atoms with Crippen LogP contribution in [0.2, 0.25) is 0 Å². The molecular formula is C12H15NO5. The summed E-state index contributed by atoms with van der Waals surface area (Å²) in [5.41, 5.74) is 6.76. The van der Waals surface area contributed by atoms with E-state index in [9.17, 15) is 4.79 Å². The van der Waals surface area contributed by atoms with Gasteiger partial charge in [0.1, 0.15) is 19.3 Å². The van der Waals surface area contributed by atoms with Crippen molar-refractivity contribution in [1.82, 2.24) is 0 Å². The number of aliphatic carboxylic acids is 1. The molecular weight excluding hydrogens is 238 g/mol. The van der Waals surface area contributed by atoms with Crippen molar-refractivity contribution >= 4 is 5.97 Å². The van der Waals surface area contributed by atoms with Crippen LogP contribution in [0.3, 0.4) is 0 Å². The first-order chi connectivity index (χ1) is 8.65. The van der Waals surface area contributed by atoms with Gasteiger partial charge in [0.05, 0.1) is 6.61 Å². The Morgan fingerprint density at radius 2 is 2.22 bits per heavy atom. The van der Waals surface area contributed by atoms with E-state index in [0.29, 0.717) is 35.8 Å². The van der Waals surface area contributed by atoms with Gasteiger partial charge in [-0.2, -0.15) is 0 Å². The summed E-state index contributed by atoms with van der Waals surface area (Å²) in [5, 5.41) is 8.99. The van der Waals surface area contributed by atoms with E-state index >= 15 is 0 Å². The molecule has 3 N–H and O–H groups in total. The Hall–Kier alpha value is -1.79. The van der Waals surface area contributed by atoms with Crippen molar-refractivity contribution in [3.05, 3.63) is 23.3 Å². The number of fused-ring (bicyclic) bond motifs is 1. The molecule has 0 aliphatic carbocycles. The molecule has 18 heavy (non-hydrogen) atoms. The fourth-order valence-corrected chi connectivity index (χ4v) is 1.91. The molecule has 0 amide bonds. The molecule has 1 atom stereocenters. The van der Waals surface area contributed by atoms with Gasteiger partial charge in [0.2, 0.25) is 0 Å². The summed E-state index contributed by atoms with van der Waals surface area (Å²) in [6.45, 7) is 1.13. The van der Waals surface area contributed by atoms with Crippen LogP contribution in [0.15, 0.2) is 12.1 Å². The summed E-state index contributed by atoms with van der Waals surface area (Å²) in [6.07, 6.45) is 0. The molecule has 1 aliphatic rings. The summed E-state index contributed by atoms with van der Waals surface area (Å²) in [4.78, 5) is 11.0. The summed E-state index contributed by atoms with van der Waals surface area (Å²) < 4.78 is 16.0. The summed E-state index contributed by atoms with van der Waals surface area (Å²) >= 11 is 0. The van der Waals surface area contributed by atoms with E-state index < -0.39 is 12.0 Å². The topological polar surface area (TPSA) is 91.0 Å². The van der Waals surface area contributed by atoms with E-state index in [4.69, 9.17) is 25.1 Å². The van der Waals surface area contributed by atoms with Crippen LogP contribution < -0.4 is 15.2 Å². The molecule has 6 nitrogen and oxygen atoms in total. The maximum Gasteiger partial charge on any atom is 0.325 e. The molecule has 1 aliphatic heterocycles. The monoisotopic (exact) mass is 253 g/mol. The number of carboxylic acid groups (broad SMARTS) is 1. The van der Waals surface area contributed by atoms with Crippen LogP contribution in [-0.2, 0) is 16.1 Å². The number of carboxylic acids is 1. The minimum absolute atomic E-state index is 0.225. The number of hydrogen-bond acceptors (Lipinski definition) is 5. The van der Waals surface area contributed by atoms with Crippen molar-refractivity contribution in [1.29, 1.82) is 0 Å². The zero-order chi connectivity index (χ0) is 13.1. The maximum atomic E-state index is 11.0. The largest absolute Gasteiger partial charge is 0.486 e. The number of ether oxygens (including phenoxy) is 3. The van der Waals surface area contributed by atoms with Gasteiger partial charge in [0.15, 0.2) is 11.5 Å². The van der Waals surface area contributed by atoms with E-state index in [1.54, 1.807) is 12.1 Å². The summed E-state index contributed by atoms with van der Waals surface area (Å²) in [6, 6.07) is 2.21. The van der Waals surface area contributed by atoms with Crippen LogP contribution >= 0.6 is 0 Å². The molecule has 1 unspecified atom stereocenters. The predicted molar refractivity (Wildman–Crippen MR) is 62.7 cm³/mol. The van der Waals surface area contributed by atoms with Gasteiger partial charge in [-0.25, -0.2) is 0 Å². The minimum Gasteiger partial charge on any atom is -0.486 e. The van der Waals surface area contributed by atoms with Gasteiger partial charge in [0.25, 0.3) is 0 Å². The summed E-state index contributed by atoms with van der Waals surface area (Å²) in [7, 11) is 1.53. The Bertz CT molecular complexity index is 460. The first-order valence-electron chi connectivity index (χ1n) is 5.54. The van der Waals surface area contributed by atoms with Gasteiger partial charge in [-0.15, -0.1) is 0 Å². The molecule has 0 spiro atoms. The number of benzene rings is 1. The number of nitrogens with two attached hydrogens (primary N) is 1. The lowest BCUT2D eigenvalue weighted by Gasteiger charge is -2.23. The SMILES string of the molecule is COCc1c(C(N)C(=O)O)ccc2c1OCCO2. The van der Waals surface area contributed by atoms with E-state index in [1.165, 1.54) is 7.11 Å². The van der Waals surface area contributed by atoms with E-state index in [0.717, 1.165) is 0 Å². The van der Waals surface area contributed by atoms with Gasteiger partial charge in [-0.05, 0) is 11.6 Å². The molecule has 6 heteroatoms. The molecule has 1 aromatic carbocycles. The first kappa shape index (κ1) is 12.7. The molecule has 1 heterocycles. The lowest BCUT2D eigenvalue weighted by atomic mass is 9.99. The third kappa shape index (κ3) is 2.25. The molecule has 1 aromatic rings. The first-order valence-corrected chi connectivity index (χ1v) is 5.54. The minimum atomic E-state index is -1.11. The predicted octanol–water partition coefficient (Wildman–Crippen LogP) is 0.689. The Morgan fingerprint density at radius 3 is 2.89 bits per heavy atom. The van der Waals surface area contributed by atoms with Crippen LogP contribution in [0.5, 0.6) is 11.5 Å². The number of carbonyl (C=O) groups is 1. The third-order valence-electron chi connectivity index (χ3n) is 2.74. The second-order valence-corrected chi connectivity index (χ2v) is 3.91. The lowest BCUT2D eigenvalue weighted by molar-refractivity contribution is -0.138. The molecule has 0 saturated heterocycles. The number of methoxy groups -OCH3 is 1. The van der Waals surface area contributed by atoms with Crippen molar-refractivity contribution in [2.75, 3.05) is 20.3 Å². The van der Waals surface area contributed by atoms with Crippen LogP contribution in [0.1, 0.15) is 17.2 Å². The highest BCUT2D eigenvalue weighted by atomic mass is 16.6. The Labute approximate surface area is 104 Å². The molecule has 2 rings (SSSR count). The van der Waals surface area contributed by atoms with Crippen LogP contribution in [-0.4, -0.2) is 31.4 Å². The van der Waals surface area contributed by atoms with E-state index in [2.05, 4.69) is 0 Å².